The van der Waals surface area contributed by atoms with E-state index in [9.17, 15) is 0 Å². The Balaban J connectivity index is 2.94. The molecule has 12 heavy (non-hydrogen) atoms. The van der Waals surface area contributed by atoms with Crippen LogP contribution in [0.5, 0.6) is 0 Å². The SMILES string of the molecule is Cc1cc2sccc2c(S)c1Cl. The largest absolute Gasteiger partial charge is 0.144 e. The Morgan fingerprint density at radius 1 is 1.50 bits per heavy atom. The van der Waals surface area contributed by atoms with Gasteiger partial charge in [0.05, 0.1) is 5.02 Å². The van der Waals surface area contributed by atoms with E-state index < -0.39 is 0 Å². The topological polar surface area (TPSA) is 0 Å². The van der Waals surface area contributed by atoms with E-state index in [1.165, 1.54) is 4.70 Å². The van der Waals surface area contributed by atoms with Gasteiger partial charge >= 0.3 is 0 Å². The number of hydrogen-bond acceptors (Lipinski definition) is 2. The van der Waals surface area contributed by atoms with Crippen LogP contribution in [0.25, 0.3) is 10.1 Å². The number of aryl methyl sites for hydroxylation is 1. The third kappa shape index (κ3) is 1.15. The number of rotatable bonds is 0. The molecule has 0 aliphatic heterocycles. The highest BCUT2D eigenvalue weighted by molar-refractivity contribution is 7.80. The van der Waals surface area contributed by atoms with Crippen molar-refractivity contribution in [2.45, 2.75) is 11.8 Å². The normalized spacial score (nSPS) is 10.9. The highest BCUT2D eigenvalue weighted by atomic mass is 35.5. The fraction of sp³-hybridized carbons (Fsp3) is 0.111. The summed E-state index contributed by atoms with van der Waals surface area (Å²) in [7, 11) is 0. The summed E-state index contributed by atoms with van der Waals surface area (Å²) in [4.78, 5) is 0.896. The Hall–Kier alpha value is -0.180. The monoisotopic (exact) mass is 214 g/mol. The van der Waals surface area contributed by atoms with Gasteiger partial charge in [-0.25, -0.2) is 0 Å². The Morgan fingerprint density at radius 3 is 3.00 bits per heavy atom. The quantitative estimate of drug-likeness (QED) is 0.626. The number of benzene rings is 1. The summed E-state index contributed by atoms with van der Waals surface area (Å²) in [5.41, 5.74) is 1.09. The van der Waals surface area contributed by atoms with E-state index in [2.05, 4.69) is 24.1 Å². The Kier molecular flexibility index (Phi) is 2.07. The Labute approximate surface area is 85.6 Å². The summed E-state index contributed by atoms with van der Waals surface area (Å²) in [5, 5.41) is 3.98. The van der Waals surface area contributed by atoms with Gasteiger partial charge < -0.3 is 0 Å². The lowest BCUT2D eigenvalue weighted by Gasteiger charge is -2.02. The first-order valence-corrected chi connectivity index (χ1v) is 5.26. The molecule has 0 amide bonds. The molecule has 3 heteroatoms. The highest BCUT2D eigenvalue weighted by Gasteiger charge is 2.06. The van der Waals surface area contributed by atoms with Crippen molar-refractivity contribution in [3.63, 3.8) is 0 Å². The van der Waals surface area contributed by atoms with Gasteiger partial charge in [0.25, 0.3) is 0 Å². The van der Waals surface area contributed by atoms with Crippen LogP contribution >= 0.6 is 35.6 Å². The van der Waals surface area contributed by atoms with Gasteiger partial charge in [0.1, 0.15) is 0 Å². The van der Waals surface area contributed by atoms with Crippen LogP contribution in [0.2, 0.25) is 5.02 Å². The molecule has 0 radical (unpaired) electrons. The first kappa shape index (κ1) is 8.42. The van der Waals surface area contributed by atoms with Gasteiger partial charge in [-0.3, -0.25) is 0 Å². The molecular weight excluding hydrogens is 208 g/mol. The third-order valence-electron chi connectivity index (χ3n) is 1.85. The van der Waals surface area contributed by atoms with Crippen LogP contribution in [0.3, 0.4) is 0 Å². The van der Waals surface area contributed by atoms with Gasteiger partial charge in [-0.2, -0.15) is 0 Å². The average molecular weight is 215 g/mol. The zero-order chi connectivity index (χ0) is 8.72. The summed E-state index contributed by atoms with van der Waals surface area (Å²) < 4.78 is 1.25. The van der Waals surface area contributed by atoms with Gasteiger partial charge in [0.15, 0.2) is 0 Å². The number of halogens is 1. The molecule has 0 fully saturated rings. The fourth-order valence-electron chi connectivity index (χ4n) is 1.19. The van der Waals surface area contributed by atoms with Gasteiger partial charge in [-0.15, -0.1) is 24.0 Å². The molecule has 0 nitrogen and oxygen atoms in total. The third-order valence-corrected chi connectivity index (χ3v) is 3.80. The lowest BCUT2D eigenvalue weighted by molar-refractivity contribution is 1.43. The molecule has 0 unspecified atom stereocenters. The smallest absolute Gasteiger partial charge is 0.0575 e. The number of thiol groups is 1. The summed E-state index contributed by atoms with van der Waals surface area (Å²) in [6.07, 6.45) is 0. The van der Waals surface area contributed by atoms with Crippen LogP contribution < -0.4 is 0 Å². The van der Waals surface area contributed by atoms with Crippen molar-refractivity contribution in [2.75, 3.05) is 0 Å². The van der Waals surface area contributed by atoms with Crippen molar-refractivity contribution in [3.8, 4) is 0 Å². The van der Waals surface area contributed by atoms with E-state index in [4.69, 9.17) is 11.6 Å². The summed E-state index contributed by atoms with van der Waals surface area (Å²) in [5.74, 6) is 0. The molecule has 0 atom stereocenters. The molecule has 2 aromatic rings. The zero-order valence-corrected chi connectivity index (χ0v) is 8.93. The van der Waals surface area contributed by atoms with Crippen LogP contribution in [0.4, 0.5) is 0 Å². The van der Waals surface area contributed by atoms with Crippen LogP contribution in [0.1, 0.15) is 5.56 Å². The minimum Gasteiger partial charge on any atom is -0.144 e. The fourth-order valence-corrected chi connectivity index (χ4v) is 2.69. The van der Waals surface area contributed by atoms with E-state index in [1.807, 2.05) is 13.0 Å². The Bertz CT molecular complexity index is 431. The second-order valence-electron chi connectivity index (χ2n) is 2.69. The standard InChI is InChI=1S/C9H7ClS2/c1-5-4-7-6(2-3-12-7)9(11)8(5)10/h2-4,11H,1H3. The molecule has 2 rings (SSSR count). The van der Waals surface area contributed by atoms with Gasteiger partial charge in [0.2, 0.25) is 0 Å². The first-order valence-electron chi connectivity index (χ1n) is 3.55. The maximum Gasteiger partial charge on any atom is 0.0575 e. The van der Waals surface area contributed by atoms with Gasteiger partial charge in [-0.05, 0) is 30.0 Å². The summed E-state index contributed by atoms with van der Waals surface area (Å²) in [6.45, 7) is 2.00. The second-order valence-corrected chi connectivity index (χ2v) is 4.46. The van der Waals surface area contributed by atoms with E-state index >= 15 is 0 Å². The predicted octanol–water partition coefficient (Wildman–Crippen LogP) is 4.15. The van der Waals surface area contributed by atoms with Crippen LogP contribution in [0, 0.1) is 6.92 Å². The molecule has 0 N–H and O–H groups in total. The maximum absolute atomic E-state index is 6.04. The molecule has 1 aromatic heterocycles. The molecule has 0 bridgehead atoms. The van der Waals surface area contributed by atoms with Crippen molar-refractivity contribution in [2.24, 2.45) is 0 Å². The van der Waals surface area contributed by atoms with Crippen molar-refractivity contribution in [1.82, 2.24) is 0 Å². The Morgan fingerprint density at radius 2 is 2.25 bits per heavy atom. The van der Waals surface area contributed by atoms with Gasteiger partial charge in [-0.1, -0.05) is 11.6 Å². The molecule has 0 spiro atoms. The van der Waals surface area contributed by atoms with Crippen molar-refractivity contribution in [3.05, 3.63) is 28.1 Å². The van der Waals surface area contributed by atoms with E-state index in [0.29, 0.717) is 0 Å². The summed E-state index contributed by atoms with van der Waals surface area (Å²) >= 11 is 12.1. The van der Waals surface area contributed by atoms with Crippen LogP contribution in [-0.4, -0.2) is 0 Å². The zero-order valence-electron chi connectivity index (χ0n) is 6.47. The number of fused-ring (bicyclic) bond motifs is 1. The van der Waals surface area contributed by atoms with Gasteiger partial charge in [0, 0.05) is 15.0 Å². The van der Waals surface area contributed by atoms with Crippen molar-refractivity contribution < 1.29 is 0 Å². The van der Waals surface area contributed by atoms with E-state index in [1.54, 1.807) is 11.3 Å². The molecule has 0 aliphatic carbocycles. The molecule has 1 heterocycles. The summed E-state index contributed by atoms with van der Waals surface area (Å²) in [6, 6.07) is 4.15. The van der Waals surface area contributed by atoms with Crippen LogP contribution in [-0.2, 0) is 0 Å². The highest BCUT2D eigenvalue weighted by Crippen LogP contribution is 2.34. The molecule has 0 saturated carbocycles. The van der Waals surface area contributed by atoms with Crippen LogP contribution in [0.15, 0.2) is 22.4 Å². The molecule has 62 valence electrons. The maximum atomic E-state index is 6.04. The van der Waals surface area contributed by atoms with E-state index in [0.717, 1.165) is 20.9 Å². The number of thiophene rings is 1. The second kappa shape index (κ2) is 2.95. The lowest BCUT2D eigenvalue weighted by atomic mass is 10.2. The molecular formula is C9H7ClS2. The first-order chi connectivity index (χ1) is 5.70. The van der Waals surface area contributed by atoms with Crippen molar-refractivity contribution >= 4 is 45.7 Å². The molecule has 1 aromatic carbocycles. The van der Waals surface area contributed by atoms with E-state index in [-0.39, 0.29) is 0 Å². The lowest BCUT2D eigenvalue weighted by Crippen LogP contribution is -1.77. The molecule has 0 saturated heterocycles. The average Bonchev–Trinajstić information content (AvgIpc) is 2.48. The minimum atomic E-state index is 0.768. The predicted molar refractivity (Wildman–Crippen MR) is 58.8 cm³/mol. The molecule has 0 aliphatic rings. The number of hydrogen-bond donors (Lipinski definition) is 1. The van der Waals surface area contributed by atoms with Crippen molar-refractivity contribution in [1.29, 1.82) is 0 Å². The minimum absolute atomic E-state index is 0.768.